The molecule has 1 heterocycles. The van der Waals surface area contributed by atoms with E-state index >= 15 is 0 Å². The van der Waals surface area contributed by atoms with Crippen LogP contribution in [0.15, 0.2) is 24.3 Å². The highest BCUT2D eigenvalue weighted by Gasteiger charge is 2.17. The van der Waals surface area contributed by atoms with Gasteiger partial charge < -0.3 is 14.2 Å². The predicted molar refractivity (Wildman–Crippen MR) is 88.6 cm³/mol. The van der Waals surface area contributed by atoms with Crippen molar-refractivity contribution in [2.75, 3.05) is 19.8 Å². The first-order valence-corrected chi connectivity index (χ1v) is 8.43. The van der Waals surface area contributed by atoms with Crippen LogP contribution in [0.1, 0.15) is 36.0 Å². The van der Waals surface area contributed by atoms with Crippen molar-refractivity contribution in [2.24, 2.45) is 0 Å². The number of hydrogen-bond donors (Lipinski definition) is 0. The van der Waals surface area contributed by atoms with Gasteiger partial charge in [0, 0.05) is 16.6 Å². The molecular weight excluding hydrogens is 399 g/mol. The van der Waals surface area contributed by atoms with E-state index in [1.54, 1.807) is 12.1 Å². The molecule has 1 aromatic rings. The van der Waals surface area contributed by atoms with Crippen molar-refractivity contribution in [1.82, 2.24) is 0 Å². The Kier molecular flexibility index (Phi) is 7.11. The molecular formula is C16H19IO5. The summed E-state index contributed by atoms with van der Waals surface area (Å²) in [6, 6.07) is 7.14. The van der Waals surface area contributed by atoms with Gasteiger partial charge in [-0.25, -0.2) is 4.79 Å². The van der Waals surface area contributed by atoms with Gasteiger partial charge >= 0.3 is 11.9 Å². The fourth-order valence-corrected chi connectivity index (χ4v) is 2.44. The van der Waals surface area contributed by atoms with Crippen LogP contribution in [0.5, 0.6) is 0 Å². The third-order valence-electron chi connectivity index (χ3n) is 3.29. The summed E-state index contributed by atoms with van der Waals surface area (Å²) in [6.45, 7) is 1.28. The van der Waals surface area contributed by atoms with Crippen molar-refractivity contribution in [1.29, 1.82) is 0 Å². The van der Waals surface area contributed by atoms with Crippen LogP contribution in [-0.2, 0) is 19.0 Å². The minimum Gasteiger partial charge on any atom is -0.463 e. The molecule has 0 aliphatic carbocycles. The number of ether oxygens (including phenoxy) is 3. The van der Waals surface area contributed by atoms with Crippen LogP contribution in [0.4, 0.5) is 0 Å². The van der Waals surface area contributed by atoms with E-state index in [1.165, 1.54) is 0 Å². The summed E-state index contributed by atoms with van der Waals surface area (Å²) in [5.41, 5.74) is 0.515. The normalized spacial score (nSPS) is 17.2. The van der Waals surface area contributed by atoms with Crippen molar-refractivity contribution in [3.8, 4) is 0 Å². The van der Waals surface area contributed by atoms with Crippen LogP contribution in [-0.4, -0.2) is 37.9 Å². The van der Waals surface area contributed by atoms with Crippen molar-refractivity contribution >= 4 is 34.5 Å². The second-order valence-corrected chi connectivity index (χ2v) is 6.31. The zero-order chi connectivity index (χ0) is 15.8. The maximum atomic E-state index is 11.7. The van der Waals surface area contributed by atoms with Gasteiger partial charge in [0.1, 0.15) is 6.61 Å². The monoisotopic (exact) mass is 418 g/mol. The third-order valence-corrected chi connectivity index (χ3v) is 4.01. The number of carbonyl (C=O) groups is 2. The van der Waals surface area contributed by atoms with Crippen LogP contribution in [0.2, 0.25) is 0 Å². The van der Waals surface area contributed by atoms with E-state index in [9.17, 15) is 9.59 Å². The van der Waals surface area contributed by atoms with Gasteiger partial charge in [-0.1, -0.05) is 0 Å². The van der Waals surface area contributed by atoms with Crippen LogP contribution < -0.4 is 0 Å². The van der Waals surface area contributed by atoms with Crippen LogP contribution in [0, 0.1) is 3.57 Å². The van der Waals surface area contributed by atoms with Crippen LogP contribution in [0.25, 0.3) is 0 Å². The lowest BCUT2D eigenvalue weighted by Gasteiger charge is -2.10. The first kappa shape index (κ1) is 17.2. The number of carbonyl (C=O) groups excluding carboxylic acids is 2. The summed E-state index contributed by atoms with van der Waals surface area (Å²) in [5.74, 6) is -0.648. The Hall–Kier alpha value is -1.15. The molecule has 0 saturated carbocycles. The predicted octanol–water partition coefficient (Wildman–Crippen LogP) is 2.95. The zero-order valence-corrected chi connectivity index (χ0v) is 14.4. The highest BCUT2D eigenvalue weighted by molar-refractivity contribution is 14.1. The van der Waals surface area contributed by atoms with E-state index in [2.05, 4.69) is 22.6 Å². The molecule has 1 fully saturated rings. The molecule has 0 radical (unpaired) electrons. The molecule has 5 nitrogen and oxygen atoms in total. The molecule has 0 amide bonds. The van der Waals surface area contributed by atoms with Crippen molar-refractivity contribution < 1.29 is 23.8 Å². The molecule has 0 N–H and O–H groups in total. The zero-order valence-electron chi connectivity index (χ0n) is 12.3. The number of hydrogen-bond acceptors (Lipinski definition) is 5. The number of esters is 2. The molecule has 120 valence electrons. The lowest BCUT2D eigenvalue weighted by atomic mass is 10.2. The van der Waals surface area contributed by atoms with Gasteiger partial charge in [0.05, 0.1) is 18.3 Å². The minimum absolute atomic E-state index is 0.0441. The van der Waals surface area contributed by atoms with Crippen molar-refractivity contribution in [2.45, 2.75) is 31.8 Å². The molecule has 6 heteroatoms. The number of rotatable bonds is 7. The van der Waals surface area contributed by atoms with E-state index in [4.69, 9.17) is 14.2 Å². The van der Waals surface area contributed by atoms with Gasteiger partial charge in [0.2, 0.25) is 0 Å². The second kappa shape index (κ2) is 9.09. The van der Waals surface area contributed by atoms with E-state index in [0.29, 0.717) is 18.6 Å². The fourth-order valence-electron chi connectivity index (χ4n) is 2.08. The molecule has 0 bridgehead atoms. The summed E-state index contributed by atoms with van der Waals surface area (Å²) in [5, 5.41) is 0. The van der Waals surface area contributed by atoms with E-state index < -0.39 is 0 Å². The maximum absolute atomic E-state index is 11.7. The molecule has 1 saturated heterocycles. The third kappa shape index (κ3) is 5.92. The lowest BCUT2D eigenvalue weighted by Crippen LogP contribution is -2.18. The summed E-state index contributed by atoms with van der Waals surface area (Å²) in [7, 11) is 0. The molecule has 1 aromatic carbocycles. The maximum Gasteiger partial charge on any atom is 0.338 e. The van der Waals surface area contributed by atoms with Gasteiger partial charge in [-0.2, -0.15) is 0 Å². The molecule has 1 aliphatic rings. The molecule has 2 rings (SSSR count). The molecule has 0 unspecified atom stereocenters. The first-order chi connectivity index (χ1) is 10.6. The van der Waals surface area contributed by atoms with Gasteiger partial charge in [-0.05, 0) is 66.1 Å². The Bertz CT molecular complexity index is 494. The Morgan fingerprint density at radius 3 is 2.68 bits per heavy atom. The fraction of sp³-hybridized carbons (Fsp3) is 0.500. The van der Waals surface area contributed by atoms with Crippen LogP contribution in [0.3, 0.4) is 0 Å². The van der Waals surface area contributed by atoms with Gasteiger partial charge in [0.25, 0.3) is 0 Å². The van der Waals surface area contributed by atoms with Gasteiger partial charge in [-0.3, -0.25) is 4.79 Å². The van der Waals surface area contributed by atoms with E-state index in [0.717, 1.165) is 23.0 Å². The highest BCUT2D eigenvalue weighted by Crippen LogP contribution is 2.12. The van der Waals surface area contributed by atoms with Crippen molar-refractivity contribution in [3.63, 3.8) is 0 Å². The molecule has 0 aromatic heterocycles. The van der Waals surface area contributed by atoms with E-state index in [1.807, 2.05) is 12.1 Å². The number of benzene rings is 1. The summed E-state index contributed by atoms with van der Waals surface area (Å²) >= 11 is 2.17. The Morgan fingerprint density at radius 2 is 2.00 bits per heavy atom. The standard InChI is InChI=1S/C16H19IO5/c17-13-7-5-12(6-8-13)16(19)21-10-2-4-15(18)22-11-14-3-1-9-20-14/h5-8,14H,1-4,9-11H2/t14-/m1/s1. The van der Waals surface area contributed by atoms with E-state index in [-0.39, 0.29) is 31.1 Å². The molecule has 1 atom stereocenters. The second-order valence-electron chi connectivity index (χ2n) is 5.06. The Labute approximate surface area is 143 Å². The summed E-state index contributed by atoms with van der Waals surface area (Å²) in [4.78, 5) is 23.3. The first-order valence-electron chi connectivity index (χ1n) is 7.35. The largest absolute Gasteiger partial charge is 0.463 e. The number of halogens is 1. The van der Waals surface area contributed by atoms with Gasteiger partial charge in [-0.15, -0.1) is 0 Å². The highest BCUT2D eigenvalue weighted by atomic mass is 127. The lowest BCUT2D eigenvalue weighted by molar-refractivity contribution is -0.147. The average Bonchev–Trinajstić information content (AvgIpc) is 3.03. The summed E-state index contributed by atoms with van der Waals surface area (Å²) in [6.07, 6.45) is 2.72. The average molecular weight is 418 g/mol. The Balaban J connectivity index is 1.57. The Morgan fingerprint density at radius 1 is 1.23 bits per heavy atom. The molecule has 1 aliphatic heterocycles. The van der Waals surface area contributed by atoms with Crippen molar-refractivity contribution in [3.05, 3.63) is 33.4 Å². The van der Waals surface area contributed by atoms with Crippen LogP contribution >= 0.6 is 22.6 Å². The SMILES string of the molecule is O=C(CCCOC(=O)c1ccc(I)cc1)OC[C@H]1CCCO1. The molecule has 22 heavy (non-hydrogen) atoms. The molecule has 0 spiro atoms. The summed E-state index contributed by atoms with van der Waals surface area (Å²) < 4.78 is 16.7. The van der Waals surface area contributed by atoms with Gasteiger partial charge in [0.15, 0.2) is 0 Å². The quantitative estimate of drug-likeness (QED) is 0.387. The minimum atomic E-state index is -0.371. The smallest absolute Gasteiger partial charge is 0.338 e. The topological polar surface area (TPSA) is 61.8 Å².